The molecule has 20 heavy (non-hydrogen) atoms. The first-order valence-electron chi connectivity index (χ1n) is 6.57. The molecule has 2 heterocycles. The van der Waals surface area contributed by atoms with Gasteiger partial charge in [0.25, 0.3) is 0 Å². The molecule has 0 bridgehead atoms. The van der Waals surface area contributed by atoms with Gasteiger partial charge in [0.05, 0.1) is 17.6 Å². The molecule has 0 fully saturated rings. The summed E-state index contributed by atoms with van der Waals surface area (Å²) in [5.74, 6) is 1.51. The molecule has 1 aliphatic heterocycles. The minimum absolute atomic E-state index is 0.0581. The molecule has 1 aromatic heterocycles. The van der Waals surface area contributed by atoms with E-state index in [1.807, 2.05) is 24.4 Å². The average molecular weight is 274 g/mol. The van der Waals surface area contributed by atoms with E-state index in [1.165, 1.54) is 0 Å². The van der Waals surface area contributed by atoms with E-state index >= 15 is 0 Å². The normalized spacial score (nSPS) is 13.8. The van der Waals surface area contributed by atoms with Crippen molar-refractivity contribution in [2.24, 2.45) is 0 Å². The highest BCUT2D eigenvalue weighted by Gasteiger charge is 2.15. The monoisotopic (exact) mass is 274 g/mol. The molecule has 1 N–H and O–H groups in total. The molecule has 0 saturated carbocycles. The molecule has 0 saturated heterocycles. The lowest BCUT2D eigenvalue weighted by Crippen LogP contribution is -2.35. The van der Waals surface area contributed by atoms with Gasteiger partial charge in [-0.05, 0) is 32.9 Å². The Morgan fingerprint density at radius 2 is 2.05 bits per heavy atom. The fraction of sp³-hybridized carbons (Fsp3) is 0.429. The van der Waals surface area contributed by atoms with Crippen LogP contribution in [0.15, 0.2) is 24.4 Å². The van der Waals surface area contributed by atoms with Gasteiger partial charge in [-0.3, -0.25) is 0 Å². The highest BCUT2D eigenvalue weighted by molar-refractivity contribution is 5.49. The molecule has 1 aliphatic rings. The van der Waals surface area contributed by atoms with Gasteiger partial charge in [-0.25, -0.2) is 4.68 Å². The van der Waals surface area contributed by atoms with E-state index in [1.54, 1.807) is 4.68 Å². The molecule has 0 atom stereocenters. The molecule has 3 rings (SSSR count). The number of nitrogens with one attached hydrogen (secondary N) is 1. The number of ether oxygens (including phenoxy) is 2. The zero-order valence-electron chi connectivity index (χ0n) is 11.9. The van der Waals surface area contributed by atoms with Crippen molar-refractivity contribution in [3.63, 3.8) is 0 Å². The Hall–Kier alpha value is -2.08. The second kappa shape index (κ2) is 4.79. The summed E-state index contributed by atoms with van der Waals surface area (Å²) in [4.78, 5) is 0. The molecular weight excluding hydrogens is 256 g/mol. The van der Waals surface area contributed by atoms with Gasteiger partial charge in [0, 0.05) is 18.2 Å². The Bertz CT molecular complexity index is 616. The van der Waals surface area contributed by atoms with Gasteiger partial charge in [-0.15, -0.1) is 5.10 Å². The largest absolute Gasteiger partial charge is 0.454 e. The first-order valence-corrected chi connectivity index (χ1v) is 6.57. The van der Waals surface area contributed by atoms with E-state index in [0.29, 0.717) is 6.54 Å². The SMILES string of the molecule is CC(C)(C)NCc1cn(-c2ccc3c(c2)OCO3)nn1. The van der Waals surface area contributed by atoms with Crippen molar-refractivity contribution in [3.05, 3.63) is 30.1 Å². The molecule has 2 aromatic rings. The van der Waals surface area contributed by atoms with Crippen LogP contribution in [0.4, 0.5) is 0 Å². The van der Waals surface area contributed by atoms with Crippen molar-refractivity contribution in [2.75, 3.05) is 6.79 Å². The maximum atomic E-state index is 5.36. The van der Waals surface area contributed by atoms with Gasteiger partial charge in [0.1, 0.15) is 0 Å². The van der Waals surface area contributed by atoms with Crippen LogP contribution in [0.25, 0.3) is 5.69 Å². The quantitative estimate of drug-likeness (QED) is 0.926. The van der Waals surface area contributed by atoms with Crippen LogP contribution in [0.2, 0.25) is 0 Å². The maximum Gasteiger partial charge on any atom is 0.231 e. The minimum Gasteiger partial charge on any atom is -0.454 e. The van der Waals surface area contributed by atoms with Crippen LogP contribution in [0.1, 0.15) is 26.5 Å². The Labute approximate surface area is 117 Å². The van der Waals surface area contributed by atoms with Gasteiger partial charge in [0.2, 0.25) is 6.79 Å². The third-order valence-corrected chi connectivity index (χ3v) is 2.96. The number of fused-ring (bicyclic) bond motifs is 1. The Morgan fingerprint density at radius 3 is 2.85 bits per heavy atom. The lowest BCUT2D eigenvalue weighted by molar-refractivity contribution is 0.174. The van der Waals surface area contributed by atoms with Crippen LogP contribution >= 0.6 is 0 Å². The Kier molecular flexibility index (Phi) is 3.10. The molecule has 0 radical (unpaired) electrons. The van der Waals surface area contributed by atoms with E-state index in [-0.39, 0.29) is 12.3 Å². The molecule has 0 spiro atoms. The van der Waals surface area contributed by atoms with E-state index < -0.39 is 0 Å². The smallest absolute Gasteiger partial charge is 0.231 e. The summed E-state index contributed by atoms with van der Waals surface area (Å²) in [6, 6.07) is 5.72. The summed E-state index contributed by atoms with van der Waals surface area (Å²) < 4.78 is 12.4. The maximum absolute atomic E-state index is 5.36. The highest BCUT2D eigenvalue weighted by atomic mass is 16.7. The van der Waals surface area contributed by atoms with Crippen molar-refractivity contribution >= 4 is 0 Å². The van der Waals surface area contributed by atoms with E-state index in [0.717, 1.165) is 22.9 Å². The van der Waals surface area contributed by atoms with Gasteiger partial charge >= 0.3 is 0 Å². The first kappa shape index (κ1) is 12.9. The van der Waals surface area contributed by atoms with Gasteiger partial charge < -0.3 is 14.8 Å². The summed E-state index contributed by atoms with van der Waals surface area (Å²) >= 11 is 0. The van der Waals surface area contributed by atoms with Crippen LogP contribution in [0.3, 0.4) is 0 Å². The number of hydrogen-bond donors (Lipinski definition) is 1. The molecule has 1 aromatic carbocycles. The Balaban J connectivity index is 1.76. The second-order valence-corrected chi connectivity index (χ2v) is 5.80. The van der Waals surface area contributed by atoms with Gasteiger partial charge in [-0.2, -0.15) is 0 Å². The van der Waals surface area contributed by atoms with E-state index in [9.17, 15) is 0 Å². The summed E-state index contributed by atoms with van der Waals surface area (Å²) in [5.41, 5.74) is 1.86. The summed E-state index contributed by atoms with van der Waals surface area (Å²) in [5, 5.41) is 11.7. The molecule has 0 amide bonds. The third-order valence-electron chi connectivity index (χ3n) is 2.96. The molecular formula is C14H18N4O2. The molecule has 6 heteroatoms. The van der Waals surface area contributed by atoms with Crippen molar-refractivity contribution in [2.45, 2.75) is 32.9 Å². The fourth-order valence-corrected chi connectivity index (χ4v) is 1.89. The minimum atomic E-state index is 0.0581. The summed E-state index contributed by atoms with van der Waals surface area (Å²) in [6.45, 7) is 7.32. The number of aromatic nitrogens is 3. The summed E-state index contributed by atoms with van der Waals surface area (Å²) in [7, 11) is 0. The third kappa shape index (κ3) is 2.75. The lowest BCUT2D eigenvalue weighted by atomic mass is 10.1. The van der Waals surface area contributed by atoms with Crippen LogP contribution < -0.4 is 14.8 Å². The fourth-order valence-electron chi connectivity index (χ4n) is 1.89. The van der Waals surface area contributed by atoms with Gasteiger partial charge in [0.15, 0.2) is 11.5 Å². The molecule has 106 valence electrons. The average Bonchev–Trinajstić information content (AvgIpc) is 3.03. The number of benzene rings is 1. The van der Waals surface area contributed by atoms with Crippen molar-refractivity contribution in [1.29, 1.82) is 0 Å². The zero-order chi connectivity index (χ0) is 14.2. The standard InChI is InChI=1S/C14H18N4O2/c1-14(2,3)15-7-10-8-18(17-16-10)11-4-5-12-13(6-11)20-9-19-12/h4-6,8,15H,7,9H2,1-3H3. The zero-order valence-corrected chi connectivity index (χ0v) is 11.9. The van der Waals surface area contributed by atoms with Crippen LogP contribution in [-0.2, 0) is 6.54 Å². The van der Waals surface area contributed by atoms with Crippen molar-refractivity contribution in [1.82, 2.24) is 20.3 Å². The van der Waals surface area contributed by atoms with E-state index in [2.05, 4.69) is 36.4 Å². The number of nitrogens with zero attached hydrogens (tertiary/aromatic N) is 3. The summed E-state index contributed by atoms with van der Waals surface area (Å²) in [6.07, 6.45) is 1.91. The second-order valence-electron chi connectivity index (χ2n) is 5.80. The molecule has 6 nitrogen and oxygen atoms in total. The first-order chi connectivity index (χ1) is 9.51. The van der Waals surface area contributed by atoms with Crippen LogP contribution in [0, 0.1) is 0 Å². The number of hydrogen-bond acceptors (Lipinski definition) is 5. The highest BCUT2D eigenvalue weighted by Crippen LogP contribution is 2.33. The predicted octanol–water partition coefficient (Wildman–Crippen LogP) is 1.88. The lowest BCUT2D eigenvalue weighted by Gasteiger charge is -2.19. The molecule has 0 aliphatic carbocycles. The predicted molar refractivity (Wildman–Crippen MR) is 74.1 cm³/mol. The Morgan fingerprint density at radius 1 is 1.25 bits per heavy atom. The van der Waals surface area contributed by atoms with Crippen LogP contribution in [-0.4, -0.2) is 27.3 Å². The van der Waals surface area contributed by atoms with Crippen LogP contribution in [0.5, 0.6) is 11.5 Å². The topological polar surface area (TPSA) is 61.2 Å². The van der Waals surface area contributed by atoms with Crippen molar-refractivity contribution in [3.8, 4) is 17.2 Å². The van der Waals surface area contributed by atoms with E-state index in [4.69, 9.17) is 9.47 Å². The number of rotatable bonds is 3. The molecule has 0 unspecified atom stereocenters. The van der Waals surface area contributed by atoms with Gasteiger partial charge in [-0.1, -0.05) is 5.21 Å². The van der Waals surface area contributed by atoms with Crippen molar-refractivity contribution < 1.29 is 9.47 Å².